The third-order valence-electron chi connectivity index (χ3n) is 3.41. The topological polar surface area (TPSA) is 46.9 Å². The van der Waals surface area contributed by atoms with Crippen molar-refractivity contribution in [1.82, 2.24) is 15.1 Å². The normalized spacial score (nSPS) is 17.2. The summed E-state index contributed by atoms with van der Waals surface area (Å²) < 4.78 is 38.9. The van der Waals surface area contributed by atoms with E-state index < -0.39 is 22.8 Å². The van der Waals surface area contributed by atoms with Crippen molar-refractivity contribution in [2.75, 3.05) is 0 Å². The van der Waals surface area contributed by atoms with Gasteiger partial charge in [0.05, 0.1) is 0 Å². The Morgan fingerprint density at radius 2 is 1.95 bits per heavy atom. The molecule has 1 aliphatic rings. The molecule has 0 spiro atoms. The van der Waals surface area contributed by atoms with Gasteiger partial charge in [0.25, 0.3) is 5.91 Å². The molecule has 2 rings (SSSR count). The van der Waals surface area contributed by atoms with Crippen LogP contribution in [-0.4, -0.2) is 21.7 Å². The predicted octanol–water partition coefficient (Wildman–Crippen LogP) is 3.15. The second kappa shape index (κ2) is 5.63. The molecule has 1 aromatic rings. The fraction of sp³-hybridized carbons (Fsp3) is 0.667. The van der Waals surface area contributed by atoms with Crippen molar-refractivity contribution < 1.29 is 18.0 Å². The molecule has 1 fully saturated rings. The van der Waals surface area contributed by atoms with Crippen molar-refractivity contribution >= 4 is 17.5 Å². The van der Waals surface area contributed by atoms with Crippen LogP contribution in [0.5, 0.6) is 0 Å². The molecular weight excluding hydrogens is 295 g/mol. The zero-order chi connectivity index (χ0) is 14.9. The largest absolute Gasteiger partial charge is 0.434 e. The Hall–Kier alpha value is -1.24. The van der Waals surface area contributed by atoms with E-state index in [2.05, 4.69) is 10.4 Å². The molecule has 1 aliphatic carbocycles. The van der Waals surface area contributed by atoms with Gasteiger partial charge < -0.3 is 5.32 Å². The molecule has 1 N–H and O–H groups in total. The summed E-state index contributed by atoms with van der Waals surface area (Å²) in [6, 6.07) is -0.0105. The SMILES string of the molecule is Cn1nc(C(=O)NC2CCCCC2)c(Cl)c1C(F)(F)F. The van der Waals surface area contributed by atoms with Crippen LogP contribution in [0.1, 0.15) is 48.3 Å². The second-order valence-corrected chi connectivity index (χ2v) is 5.32. The van der Waals surface area contributed by atoms with Gasteiger partial charge in [-0.05, 0) is 12.8 Å². The standard InChI is InChI=1S/C12H15ClF3N3O/c1-19-10(12(14,15)16)8(13)9(18-19)11(20)17-7-5-3-2-4-6-7/h7H,2-6H2,1H3,(H,17,20). The number of hydrogen-bond donors (Lipinski definition) is 1. The van der Waals surface area contributed by atoms with Gasteiger partial charge in [-0.25, -0.2) is 0 Å². The Bertz CT molecular complexity index is 507. The lowest BCUT2D eigenvalue weighted by atomic mass is 9.95. The Morgan fingerprint density at radius 3 is 2.45 bits per heavy atom. The van der Waals surface area contributed by atoms with Gasteiger partial charge in [0.1, 0.15) is 5.02 Å². The maximum absolute atomic E-state index is 12.8. The van der Waals surface area contributed by atoms with Gasteiger partial charge in [0, 0.05) is 13.1 Å². The number of amides is 1. The first kappa shape index (κ1) is 15.2. The van der Waals surface area contributed by atoms with Crippen LogP contribution in [0.15, 0.2) is 0 Å². The van der Waals surface area contributed by atoms with E-state index in [1.807, 2.05) is 0 Å². The number of carbonyl (C=O) groups is 1. The average molecular weight is 310 g/mol. The lowest BCUT2D eigenvalue weighted by molar-refractivity contribution is -0.143. The molecule has 0 radical (unpaired) electrons. The first-order valence-corrected chi connectivity index (χ1v) is 6.79. The van der Waals surface area contributed by atoms with E-state index in [1.54, 1.807) is 0 Å². The molecule has 0 aliphatic heterocycles. The Kier molecular flexibility index (Phi) is 4.27. The lowest BCUT2D eigenvalue weighted by Crippen LogP contribution is -2.36. The number of hydrogen-bond acceptors (Lipinski definition) is 2. The summed E-state index contributed by atoms with van der Waals surface area (Å²) in [7, 11) is 1.12. The highest BCUT2D eigenvalue weighted by atomic mass is 35.5. The van der Waals surface area contributed by atoms with Crippen molar-refractivity contribution in [2.24, 2.45) is 7.05 Å². The number of carbonyl (C=O) groups excluding carboxylic acids is 1. The quantitative estimate of drug-likeness (QED) is 0.912. The Balaban J connectivity index is 2.18. The van der Waals surface area contributed by atoms with Crippen molar-refractivity contribution in [2.45, 2.75) is 44.3 Å². The number of nitrogens with one attached hydrogen (secondary N) is 1. The van der Waals surface area contributed by atoms with Crippen LogP contribution in [0.2, 0.25) is 5.02 Å². The van der Waals surface area contributed by atoms with Crippen LogP contribution >= 0.6 is 11.6 Å². The highest BCUT2D eigenvalue weighted by molar-refractivity contribution is 6.34. The minimum atomic E-state index is -4.64. The van der Waals surface area contributed by atoms with E-state index in [0.717, 1.165) is 39.2 Å². The highest BCUT2D eigenvalue weighted by Gasteiger charge is 2.40. The molecule has 1 amide bonds. The number of alkyl halides is 3. The van der Waals surface area contributed by atoms with E-state index in [1.165, 1.54) is 0 Å². The number of nitrogens with zero attached hydrogens (tertiary/aromatic N) is 2. The third-order valence-corrected chi connectivity index (χ3v) is 3.77. The molecule has 1 aromatic heterocycles. The van der Waals surface area contributed by atoms with Gasteiger partial charge in [-0.1, -0.05) is 30.9 Å². The Morgan fingerprint density at radius 1 is 1.35 bits per heavy atom. The van der Waals surface area contributed by atoms with E-state index in [4.69, 9.17) is 11.6 Å². The first-order chi connectivity index (χ1) is 9.30. The summed E-state index contributed by atoms with van der Waals surface area (Å²) in [5.41, 5.74) is -1.47. The molecule has 0 saturated heterocycles. The summed E-state index contributed by atoms with van der Waals surface area (Å²) in [5.74, 6) is -0.645. The van der Waals surface area contributed by atoms with Gasteiger partial charge >= 0.3 is 6.18 Å². The monoisotopic (exact) mass is 309 g/mol. The first-order valence-electron chi connectivity index (χ1n) is 6.41. The maximum atomic E-state index is 12.8. The molecule has 0 unspecified atom stereocenters. The number of halogens is 4. The van der Waals surface area contributed by atoms with Crippen LogP contribution in [0, 0.1) is 0 Å². The summed E-state index contributed by atoms with van der Waals surface area (Å²) in [6.07, 6.45) is 0.172. The predicted molar refractivity (Wildman–Crippen MR) is 67.6 cm³/mol. The van der Waals surface area contributed by atoms with Gasteiger partial charge in [0.2, 0.25) is 0 Å². The molecule has 0 aromatic carbocycles. The molecule has 112 valence electrons. The van der Waals surface area contributed by atoms with Gasteiger partial charge in [-0.2, -0.15) is 18.3 Å². The number of rotatable bonds is 2. The summed E-state index contributed by atoms with van der Waals surface area (Å²) in [6.45, 7) is 0. The zero-order valence-corrected chi connectivity index (χ0v) is 11.7. The maximum Gasteiger partial charge on any atom is 0.434 e. The minimum absolute atomic E-state index is 0.0105. The van der Waals surface area contributed by atoms with Crippen LogP contribution in [0.4, 0.5) is 13.2 Å². The molecule has 4 nitrogen and oxygen atoms in total. The number of aromatic nitrogens is 2. The van der Waals surface area contributed by atoms with E-state index in [0.29, 0.717) is 4.68 Å². The minimum Gasteiger partial charge on any atom is -0.348 e. The van der Waals surface area contributed by atoms with Crippen molar-refractivity contribution in [1.29, 1.82) is 0 Å². The fourth-order valence-electron chi connectivity index (χ4n) is 2.45. The van der Waals surface area contributed by atoms with Crippen LogP contribution in [-0.2, 0) is 13.2 Å². The lowest BCUT2D eigenvalue weighted by Gasteiger charge is -2.22. The fourth-order valence-corrected chi connectivity index (χ4v) is 2.80. The number of aryl methyl sites for hydroxylation is 1. The summed E-state index contributed by atoms with van der Waals surface area (Å²) in [5, 5.41) is 5.65. The van der Waals surface area contributed by atoms with Gasteiger partial charge in [-0.3, -0.25) is 9.48 Å². The second-order valence-electron chi connectivity index (χ2n) is 4.94. The average Bonchev–Trinajstić information content (AvgIpc) is 2.65. The molecule has 1 heterocycles. The van der Waals surface area contributed by atoms with Gasteiger partial charge in [0.15, 0.2) is 11.4 Å². The summed E-state index contributed by atoms with van der Waals surface area (Å²) in [4.78, 5) is 12.0. The van der Waals surface area contributed by atoms with Crippen molar-refractivity contribution in [3.63, 3.8) is 0 Å². The van der Waals surface area contributed by atoms with E-state index >= 15 is 0 Å². The smallest absolute Gasteiger partial charge is 0.348 e. The summed E-state index contributed by atoms with van der Waals surface area (Å²) >= 11 is 5.66. The molecule has 8 heteroatoms. The van der Waals surface area contributed by atoms with E-state index in [9.17, 15) is 18.0 Å². The highest BCUT2D eigenvalue weighted by Crippen LogP contribution is 2.36. The van der Waals surface area contributed by atoms with E-state index in [-0.39, 0.29) is 11.7 Å². The Labute approximate surface area is 119 Å². The molecule has 0 bridgehead atoms. The van der Waals surface area contributed by atoms with Crippen LogP contribution in [0.3, 0.4) is 0 Å². The molecule has 0 atom stereocenters. The van der Waals surface area contributed by atoms with Crippen LogP contribution in [0.25, 0.3) is 0 Å². The zero-order valence-electron chi connectivity index (χ0n) is 10.9. The van der Waals surface area contributed by atoms with Gasteiger partial charge in [-0.15, -0.1) is 0 Å². The molecular formula is C12H15ClF3N3O. The van der Waals surface area contributed by atoms with Crippen molar-refractivity contribution in [3.05, 3.63) is 16.4 Å². The molecule has 1 saturated carbocycles. The van der Waals surface area contributed by atoms with Crippen LogP contribution < -0.4 is 5.32 Å². The third kappa shape index (κ3) is 3.08. The van der Waals surface area contributed by atoms with Crippen molar-refractivity contribution in [3.8, 4) is 0 Å². The molecule has 20 heavy (non-hydrogen) atoms.